The molecular formula is C22H26N4O2S2. The SMILES string of the molecule is CCOC(=O)c1cc(Cc2ccccc2)sc1NC(=S)N(C)Cc1cnn(CC)c1. The van der Waals surface area contributed by atoms with Gasteiger partial charge in [-0.2, -0.15) is 5.10 Å². The number of anilines is 1. The molecule has 2 heterocycles. The lowest BCUT2D eigenvalue weighted by molar-refractivity contribution is 0.0528. The number of hydrogen-bond donors (Lipinski definition) is 1. The average molecular weight is 443 g/mol. The van der Waals surface area contributed by atoms with Crippen LogP contribution in [-0.2, 0) is 24.2 Å². The maximum atomic E-state index is 12.5. The lowest BCUT2D eigenvalue weighted by Gasteiger charge is -2.20. The van der Waals surface area contributed by atoms with Crippen LogP contribution < -0.4 is 5.32 Å². The van der Waals surface area contributed by atoms with Gasteiger partial charge in [-0.3, -0.25) is 4.68 Å². The monoisotopic (exact) mass is 442 g/mol. The molecule has 8 heteroatoms. The third-order valence-electron chi connectivity index (χ3n) is 4.50. The number of aryl methyl sites for hydroxylation is 1. The first-order valence-corrected chi connectivity index (χ1v) is 11.1. The fourth-order valence-corrected chi connectivity index (χ4v) is 4.29. The molecular weight excluding hydrogens is 416 g/mol. The molecule has 3 aromatic rings. The van der Waals surface area contributed by atoms with Gasteiger partial charge in [0.2, 0.25) is 0 Å². The van der Waals surface area contributed by atoms with Crippen molar-refractivity contribution >= 4 is 39.6 Å². The molecule has 0 fully saturated rings. The van der Waals surface area contributed by atoms with Crippen LogP contribution in [0.15, 0.2) is 48.8 Å². The second-order valence-corrected chi connectivity index (χ2v) is 8.35. The molecule has 0 radical (unpaired) electrons. The summed E-state index contributed by atoms with van der Waals surface area (Å²) in [7, 11) is 1.92. The second-order valence-electron chi connectivity index (χ2n) is 6.83. The molecule has 6 nitrogen and oxygen atoms in total. The predicted molar refractivity (Wildman–Crippen MR) is 125 cm³/mol. The van der Waals surface area contributed by atoms with Crippen molar-refractivity contribution in [2.45, 2.75) is 33.4 Å². The fourth-order valence-electron chi connectivity index (χ4n) is 2.98. The number of esters is 1. The van der Waals surface area contributed by atoms with Gasteiger partial charge < -0.3 is 15.0 Å². The molecule has 1 aromatic carbocycles. The maximum absolute atomic E-state index is 12.5. The summed E-state index contributed by atoms with van der Waals surface area (Å²) in [5, 5.41) is 8.79. The van der Waals surface area contributed by atoms with E-state index in [1.165, 1.54) is 16.9 Å². The first-order valence-electron chi connectivity index (χ1n) is 9.87. The molecule has 0 saturated carbocycles. The number of hydrogen-bond acceptors (Lipinski definition) is 5. The molecule has 158 valence electrons. The van der Waals surface area contributed by atoms with Gasteiger partial charge in [0.05, 0.1) is 18.4 Å². The van der Waals surface area contributed by atoms with E-state index in [1.807, 2.05) is 60.2 Å². The Morgan fingerprint density at radius 3 is 2.70 bits per heavy atom. The van der Waals surface area contributed by atoms with E-state index in [-0.39, 0.29) is 5.97 Å². The molecule has 3 rings (SSSR count). The van der Waals surface area contributed by atoms with Crippen molar-refractivity contribution in [2.75, 3.05) is 19.0 Å². The number of carbonyl (C=O) groups is 1. The number of nitrogens with one attached hydrogen (secondary N) is 1. The molecule has 0 aliphatic heterocycles. The van der Waals surface area contributed by atoms with Crippen molar-refractivity contribution in [1.82, 2.24) is 14.7 Å². The molecule has 0 unspecified atom stereocenters. The summed E-state index contributed by atoms with van der Waals surface area (Å²) >= 11 is 7.11. The summed E-state index contributed by atoms with van der Waals surface area (Å²) in [6, 6.07) is 12.1. The summed E-state index contributed by atoms with van der Waals surface area (Å²) in [4.78, 5) is 15.5. The first-order chi connectivity index (χ1) is 14.5. The maximum Gasteiger partial charge on any atom is 0.341 e. The van der Waals surface area contributed by atoms with Crippen LogP contribution in [0.25, 0.3) is 0 Å². The molecule has 2 aromatic heterocycles. The van der Waals surface area contributed by atoms with E-state index in [1.54, 1.807) is 6.92 Å². The largest absolute Gasteiger partial charge is 0.462 e. The summed E-state index contributed by atoms with van der Waals surface area (Å²) in [5.41, 5.74) is 2.78. The lowest BCUT2D eigenvalue weighted by Crippen LogP contribution is -2.30. The minimum absolute atomic E-state index is 0.327. The molecule has 0 bridgehead atoms. The van der Waals surface area contributed by atoms with Gasteiger partial charge in [0.25, 0.3) is 0 Å². The Labute approximate surface area is 186 Å². The van der Waals surface area contributed by atoms with Gasteiger partial charge >= 0.3 is 5.97 Å². The molecule has 1 N–H and O–H groups in total. The highest BCUT2D eigenvalue weighted by Crippen LogP contribution is 2.31. The van der Waals surface area contributed by atoms with Crippen molar-refractivity contribution in [3.63, 3.8) is 0 Å². The summed E-state index contributed by atoms with van der Waals surface area (Å²) in [6.07, 6.45) is 4.60. The van der Waals surface area contributed by atoms with Crippen molar-refractivity contribution in [3.8, 4) is 0 Å². The van der Waals surface area contributed by atoms with Gasteiger partial charge in [-0.1, -0.05) is 30.3 Å². The van der Waals surface area contributed by atoms with E-state index < -0.39 is 0 Å². The summed E-state index contributed by atoms with van der Waals surface area (Å²) < 4.78 is 7.13. The number of ether oxygens (including phenoxy) is 1. The average Bonchev–Trinajstić information content (AvgIpc) is 3.35. The van der Waals surface area contributed by atoms with Crippen molar-refractivity contribution in [2.24, 2.45) is 0 Å². The van der Waals surface area contributed by atoms with Gasteiger partial charge in [0.1, 0.15) is 5.00 Å². The second kappa shape index (κ2) is 10.4. The van der Waals surface area contributed by atoms with Crippen LogP contribution in [0.5, 0.6) is 0 Å². The predicted octanol–water partition coefficient (Wildman–Crippen LogP) is 4.56. The van der Waals surface area contributed by atoms with Gasteiger partial charge in [0, 0.05) is 43.2 Å². The Bertz CT molecular complexity index is 998. The smallest absolute Gasteiger partial charge is 0.341 e. The van der Waals surface area contributed by atoms with Crippen LogP contribution in [0.1, 0.15) is 40.2 Å². The van der Waals surface area contributed by atoms with Gasteiger partial charge in [0.15, 0.2) is 5.11 Å². The summed E-state index contributed by atoms with van der Waals surface area (Å²) in [5.74, 6) is -0.342. The molecule has 0 saturated heterocycles. The molecule has 0 amide bonds. The highest BCUT2D eigenvalue weighted by molar-refractivity contribution is 7.80. The zero-order chi connectivity index (χ0) is 21.5. The van der Waals surface area contributed by atoms with E-state index in [4.69, 9.17) is 17.0 Å². The highest BCUT2D eigenvalue weighted by Gasteiger charge is 2.19. The Morgan fingerprint density at radius 2 is 2.03 bits per heavy atom. The van der Waals surface area contributed by atoms with Crippen LogP contribution in [0.3, 0.4) is 0 Å². The minimum Gasteiger partial charge on any atom is -0.462 e. The highest BCUT2D eigenvalue weighted by atomic mass is 32.1. The topological polar surface area (TPSA) is 59.4 Å². The van der Waals surface area contributed by atoms with Crippen LogP contribution in [0, 0.1) is 0 Å². The Hall–Kier alpha value is -2.71. The zero-order valence-corrected chi connectivity index (χ0v) is 19.1. The molecule has 0 aliphatic carbocycles. The number of aromatic nitrogens is 2. The third kappa shape index (κ3) is 5.67. The number of nitrogens with zero attached hydrogens (tertiary/aromatic N) is 3. The van der Waals surface area contributed by atoms with E-state index in [2.05, 4.69) is 22.5 Å². The van der Waals surface area contributed by atoms with Crippen molar-refractivity contribution in [1.29, 1.82) is 0 Å². The standard InChI is InChI=1S/C22H26N4O2S2/c1-4-26-15-17(13-23-26)14-25(3)22(29)24-20-19(21(27)28-5-2)12-18(30-20)11-16-9-7-6-8-10-16/h6-10,12-13,15H,4-5,11,14H2,1-3H3,(H,24,29). The molecule has 0 atom stereocenters. The lowest BCUT2D eigenvalue weighted by atomic mass is 10.1. The third-order valence-corrected chi connectivity index (χ3v) is 5.96. The minimum atomic E-state index is -0.342. The number of carbonyl (C=O) groups excluding carboxylic acids is 1. The van der Waals surface area contributed by atoms with Gasteiger partial charge in [-0.25, -0.2) is 4.79 Å². The van der Waals surface area contributed by atoms with Crippen LogP contribution in [-0.4, -0.2) is 39.4 Å². The number of rotatable bonds is 8. The van der Waals surface area contributed by atoms with E-state index in [0.29, 0.717) is 28.8 Å². The van der Waals surface area contributed by atoms with Crippen LogP contribution in [0.4, 0.5) is 5.00 Å². The number of benzene rings is 1. The molecule has 30 heavy (non-hydrogen) atoms. The summed E-state index contributed by atoms with van der Waals surface area (Å²) in [6.45, 7) is 5.63. The zero-order valence-electron chi connectivity index (χ0n) is 17.4. The molecule has 0 aliphatic rings. The van der Waals surface area contributed by atoms with E-state index >= 15 is 0 Å². The molecule has 0 spiro atoms. The van der Waals surface area contributed by atoms with Crippen molar-refractivity contribution in [3.05, 3.63) is 70.4 Å². The van der Waals surface area contributed by atoms with Crippen molar-refractivity contribution < 1.29 is 9.53 Å². The van der Waals surface area contributed by atoms with Gasteiger partial charge in [-0.15, -0.1) is 11.3 Å². The van der Waals surface area contributed by atoms with Crippen LogP contribution >= 0.6 is 23.6 Å². The van der Waals surface area contributed by atoms with Gasteiger partial charge in [-0.05, 0) is 37.7 Å². The normalized spacial score (nSPS) is 10.6. The van der Waals surface area contributed by atoms with Crippen LogP contribution in [0.2, 0.25) is 0 Å². The first kappa shape index (κ1) is 22.0. The Morgan fingerprint density at radius 1 is 1.27 bits per heavy atom. The Balaban J connectivity index is 1.74. The van der Waals surface area contributed by atoms with E-state index in [9.17, 15) is 4.79 Å². The number of thiophene rings is 1. The fraction of sp³-hybridized carbons (Fsp3) is 0.318. The Kier molecular flexibility index (Phi) is 7.59. The van der Waals surface area contributed by atoms with E-state index in [0.717, 1.165) is 23.4 Å². The quantitative estimate of drug-likeness (QED) is 0.408. The number of thiocarbonyl (C=S) groups is 1.